The predicted octanol–water partition coefficient (Wildman–Crippen LogP) is 4.25. The Bertz CT molecular complexity index is 1260. The highest BCUT2D eigenvalue weighted by atomic mass is 19.1. The number of fused-ring (bicyclic) bond motifs is 1. The predicted molar refractivity (Wildman–Crippen MR) is 118 cm³/mol. The summed E-state index contributed by atoms with van der Waals surface area (Å²) in [6.45, 7) is 2.95. The lowest BCUT2D eigenvalue weighted by molar-refractivity contribution is 0.0698. The minimum atomic E-state index is -1.06. The highest BCUT2D eigenvalue weighted by Crippen LogP contribution is 2.38. The van der Waals surface area contributed by atoms with Gasteiger partial charge in [-0.3, -0.25) is 9.36 Å². The Balaban J connectivity index is 1.65. The topological polar surface area (TPSA) is 93.5 Å². The van der Waals surface area contributed by atoms with Gasteiger partial charge in [0.05, 0.1) is 29.1 Å². The Morgan fingerprint density at radius 3 is 2.75 bits per heavy atom. The van der Waals surface area contributed by atoms with E-state index < -0.39 is 17.8 Å². The molecular weight excluding hydrogens is 413 g/mol. The van der Waals surface area contributed by atoms with Gasteiger partial charge in [-0.25, -0.2) is 14.2 Å². The van der Waals surface area contributed by atoms with Crippen molar-refractivity contribution in [3.8, 4) is 0 Å². The van der Waals surface area contributed by atoms with Crippen LogP contribution in [0.15, 0.2) is 41.2 Å². The van der Waals surface area contributed by atoms with E-state index in [1.807, 2.05) is 0 Å². The number of hydrogen-bond acceptors (Lipinski definition) is 5. The summed E-state index contributed by atoms with van der Waals surface area (Å²) in [5, 5.41) is 12.9. The van der Waals surface area contributed by atoms with E-state index >= 15 is 0 Å². The van der Waals surface area contributed by atoms with E-state index in [9.17, 15) is 19.1 Å². The summed E-state index contributed by atoms with van der Waals surface area (Å²) in [5.74, 6) is -0.848. The molecule has 1 aliphatic heterocycles. The molecule has 1 aromatic heterocycles. The first kappa shape index (κ1) is 20.6. The third-order valence-corrected chi connectivity index (χ3v) is 6.23. The van der Waals surface area contributed by atoms with Gasteiger partial charge in [0.25, 0.3) is 5.56 Å². The van der Waals surface area contributed by atoms with Crippen LogP contribution in [0.3, 0.4) is 0 Å². The first-order valence-electron chi connectivity index (χ1n) is 10.9. The molecule has 1 saturated carbocycles. The lowest BCUT2D eigenvalue weighted by Crippen LogP contribution is -2.27. The Morgan fingerprint density at radius 1 is 1.28 bits per heavy atom. The number of halogens is 1. The number of carboxylic acid groups (broad SMARTS) is 1. The van der Waals surface area contributed by atoms with Crippen molar-refractivity contribution >= 4 is 22.6 Å². The van der Waals surface area contributed by atoms with Crippen LogP contribution in [0.2, 0.25) is 0 Å². The molecule has 1 aliphatic carbocycles. The molecule has 0 radical (unpaired) electrons. The van der Waals surface area contributed by atoms with Crippen molar-refractivity contribution in [3.63, 3.8) is 0 Å². The normalized spacial score (nSPS) is 19.2. The summed E-state index contributed by atoms with van der Waals surface area (Å²) in [4.78, 5) is 29.9. The summed E-state index contributed by atoms with van der Waals surface area (Å²) >= 11 is 0. The van der Waals surface area contributed by atoms with Gasteiger partial charge < -0.3 is 15.2 Å². The second kappa shape index (κ2) is 8.02. The highest BCUT2D eigenvalue weighted by Gasteiger charge is 2.33. The van der Waals surface area contributed by atoms with E-state index in [0.717, 1.165) is 19.3 Å². The minimum Gasteiger partial charge on any atom is -0.478 e. The molecule has 2 heterocycles. The zero-order valence-corrected chi connectivity index (χ0v) is 17.7. The Morgan fingerprint density at radius 2 is 2.06 bits per heavy atom. The highest BCUT2D eigenvalue weighted by molar-refractivity contribution is 5.94. The van der Waals surface area contributed by atoms with Crippen LogP contribution in [0.4, 0.5) is 10.1 Å². The Hall–Kier alpha value is -3.26. The third-order valence-electron chi connectivity index (χ3n) is 6.23. The molecule has 0 amide bonds. The number of hydrogen-bond donors (Lipinski definition) is 2. The van der Waals surface area contributed by atoms with Gasteiger partial charge in [-0.2, -0.15) is 0 Å². The van der Waals surface area contributed by atoms with Gasteiger partial charge in [-0.15, -0.1) is 0 Å². The molecular formula is C24H24FN3O4. The monoisotopic (exact) mass is 437 g/mol. The molecule has 8 heteroatoms. The van der Waals surface area contributed by atoms with Crippen molar-refractivity contribution in [1.29, 1.82) is 0 Å². The van der Waals surface area contributed by atoms with Crippen molar-refractivity contribution in [2.75, 3.05) is 18.5 Å². The summed E-state index contributed by atoms with van der Waals surface area (Å²) in [5.41, 5.74) is 1.27. The number of nitrogens with one attached hydrogen (secondary N) is 1. The molecule has 2 fully saturated rings. The molecule has 7 nitrogen and oxygen atoms in total. The van der Waals surface area contributed by atoms with Crippen molar-refractivity contribution in [1.82, 2.24) is 9.55 Å². The number of para-hydroxylation sites is 1. The van der Waals surface area contributed by atoms with Gasteiger partial charge in [0.1, 0.15) is 11.6 Å². The van der Waals surface area contributed by atoms with Crippen LogP contribution in [0.5, 0.6) is 0 Å². The van der Waals surface area contributed by atoms with Crippen LogP contribution in [0.1, 0.15) is 65.9 Å². The number of nitrogens with zero attached hydrogens (tertiary/aromatic N) is 2. The summed E-state index contributed by atoms with van der Waals surface area (Å²) < 4.78 is 21.9. The van der Waals surface area contributed by atoms with Crippen LogP contribution in [0.25, 0.3) is 10.9 Å². The molecule has 2 atom stereocenters. The van der Waals surface area contributed by atoms with E-state index in [0.29, 0.717) is 35.8 Å². The van der Waals surface area contributed by atoms with Crippen LogP contribution < -0.4 is 10.9 Å². The van der Waals surface area contributed by atoms with Gasteiger partial charge in [-0.05, 0) is 50.5 Å². The Labute approximate surface area is 183 Å². The quantitative estimate of drug-likeness (QED) is 0.599. The molecule has 1 saturated heterocycles. The van der Waals surface area contributed by atoms with Crippen molar-refractivity contribution in [3.05, 3.63) is 69.5 Å². The van der Waals surface area contributed by atoms with E-state index in [1.54, 1.807) is 29.7 Å². The van der Waals surface area contributed by atoms with Crippen molar-refractivity contribution < 1.29 is 19.0 Å². The molecule has 5 rings (SSSR count). The maximum atomic E-state index is 14.6. The Kier molecular flexibility index (Phi) is 5.17. The van der Waals surface area contributed by atoms with E-state index in [4.69, 9.17) is 9.72 Å². The minimum absolute atomic E-state index is 0.0293. The van der Waals surface area contributed by atoms with Gasteiger partial charge in [0.15, 0.2) is 0 Å². The number of ether oxygens (including phenoxy) is 1. The number of aromatic nitrogens is 2. The molecule has 0 bridgehead atoms. The molecule has 0 spiro atoms. The average Bonchev–Trinajstić information content (AvgIpc) is 3.45. The van der Waals surface area contributed by atoms with Crippen LogP contribution in [-0.2, 0) is 4.74 Å². The van der Waals surface area contributed by atoms with Crippen LogP contribution in [-0.4, -0.2) is 33.8 Å². The SMILES string of the molecule is C[C@H](Nc1ccccc1C(=O)O)c1cc(F)cc2c(=O)n(C3CC3)c([C@@H]3CCOC3)nc12. The standard InChI is InChI=1S/C24H24FN3O4/c1-13(26-20-5-3-2-4-17(20)24(30)31)18-10-15(25)11-19-21(18)27-22(14-8-9-32-12-14)28(23(19)29)16-6-7-16/h2-5,10-11,13-14,16,26H,6-9,12H2,1H3,(H,30,31)/t13-,14+/m0/s1. The van der Waals surface area contributed by atoms with E-state index in [1.165, 1.54) is 18.2 Å². The fourth-order valence-electron chi connectivity index (χ4n) is 4.46. The lowest BCUT2D eigenvalue weighted by Gasteiger charge is -2.21. The summed E-state index contributed by atoms with van der Waals surface area (Å²) in [7, 11) is 0. The smallest absolute Gasteiger partial charge is 0.337 e. The van der Waals surface area contributed by atoms with Crippen molar-refractivity contribution in [2.45, 2.75) is 44.2 Å². The van der Waals surface area contributed by atoms with Gasteiger partial charge in [0, 0.05) is 29.8 Å². The molecule has 166 valence electrons. The van der Waals surface area contributed by atoms with Gasteiger partial charge >= 0.3 is 5.97 Å². The summed E-state index contributed by atoms with van der Waals surface area (Å²) in [6.07, 6.45) is 2.63. The number of carbonyl (C=O) groups is 1. The molecule has 0 unspecified atom stereocenters. The second-order valence-corrected chi connectivity index (χ2v) is 8.54. The van der Waals surface area contributed by atoms with Crippen LogP contribution in [0, 0.1) is 5.82 Å². The number of anilines is 1. The average molecular weight is 437 g/mol. The zero-order valence-electron chi connectivity index (χ0n) is 17.7. The number of benzene rings is 2. The lowest BCUT2D eigenvalue weighted by atomic mass is 10.0. The fraction of sp³-hybridized carbons (Fsp3) is 0.375. The van der Waals surface area contributed by atoms with E-state index in [-0.39, 0.29) is 28.5 Å². The first-order chi connectivity index (χ1) is 15.4. The first-order valence-corrected chi connectivity index (χ1v) is 10.9. The molecule has 2 N–H and O–H groups in total. The van der Waals surface area contributed by atoms with Gasteiger partial charge in [0.2, 0.25) is 0 Å². The van der Waals surface area contributed by atoms with Crippen LogP contribution >= 0.6 is 0 Å². The maximum Gasteiger partial charge on any atom is 0.337 e. The largest absolute Gasteiger partial charge is 0.478 e. The number of aromatic carboxylic acids is 1. The molecule has 2 aromatic carbocycles. The van der Waals surface area contributed by atoms with Crippen molar-refractivity contribution in [2.24, 2.45) is 0 Å². The second-order valence-electron chi connectivity index (χ2n) is 8.54. The third kappa shape index (κ3) is 3.64. The number of rotatable bonds is 6. The molecule has 3 aromatic rings. The molecule has 32 heavy (non-hydrogen) atoms. The number of carboxylic acids is 1. The molecule has 2 aliphatic rings. The van der Waals surface area contributed by atoms with E-state index in [2.05, 4.69) is 5.32 Å². The zero-order chi connectivity index (χ0) is 22.4. The van der Waals surface area contributed by atoms with Gasteiger partial charge in [-0.1, -0.05) is 12.1 Å². The summed E-state index contributed by atoms with van der Waals surface area (Å²) in [6, 6.07) is 8.79. The maximum absolute atomic E-state index is 14.6. The fourth-order valence-corrected chi connectivity index (χ4v) is 4.46.